The second kappa shape index (κ2) is 7.12. The van der Waals surface area contributed by atoms with Crippen molar-refractivity contribution < 1.29 is 0 Å². The first-order valence-electron chi connectivity index (χ1n) is 8.62. The highest BCUT2D eigenvalue weighted by Crippen LogP contribution is 2.35. The minimum Gasteiger partial charge on any atom is -0.260 e. The third-order valence-corrected chi connectivity index (χ3v) is 5.66. The van der Waals surface area contributed by atoms with Crippen LogP contribution in [0, 0.1) is 0 Å². The maximum absolute atomic E-state index is 4.82. The number of hydrogen-bond acceptors (Lipinski definition) is 3. The molecule has 0 aromatic carbocycles. The van der Waals surface area contributed by atoms with Crippen LogP contribution in [0.2, 0.25) is 0 Å². The molecule has 0 amide bonds. The van der Waals surface area contributed by atoms with E-state index in [0.717, 1.165) is 6.42 Å². The molecule has 1 atom stereocenters. The maximum Gasteiger partial charge on any atom is 0.0953 e. The van der Waals surface area contributed by atoms with E-state index in [2.05, 4.69) is 66.0 Å². The molecule has 0 N–H and O–H groups in total. The first-order chi connectivity index (χ1) is 10.7. The Balaban J connectivity index is 2.12. The van der Waals surface area contributed by atoms with Crippen molar-refractivity contribution in [1.82, 2.24) is 9.97 Å². The molecule has 126 valence electrons. The highest BCUT2D eigenvalue weighted by Gasteiger charge is 2.26. The van der Waals surface area contributed by atoms with Gasteiger partial charge in [-0.3, -0.25) is 4.98 Å². The summed E-state index contributed by atoms with van der Waals surface area (Å²) < 4.78 is 0. The molecule has 1 unspecified atom stereocenters. The summed E-state index contributed by atoms with van der Waals surface area (Å²) in [6.45, 7) is 15.7. The van der Waals surface area contributed by atoms with Crippen LogP contribution in [0.3, 0.4) is 0 Å². The van der Waals surface area contributed by atoms with Crippen molar-refractivity contribution in [3.05, 3.63) is 45.7 Å². The SMILES string of the molecule is CC(C)c1ccc(C(C)(C)CC(C)c2csc(C(C)C)n2)nc1. The number of thiazole rings is 1. The van der Waals surface area contributed by atoms with E-state index in [4.69, 9.17) is 9.97 Å². The van der Waals surface area contributed by atoms with Gasteiger partial charge in [0.05, 0.1) is 10.7 Å². The molecule has 0 spiro atoms. The predicted octanol–water partition coefficient (Wildman–Crippen LogP) is 6.26. The van der Waals surface area contributed by atoms with Crippen LogP contribution in [0.4, 0.5) is 0 Å². The average molecular weight is 331 g/mol. The van der Waals surface area contributed by atoms with Gasteiger partial charge in [-0.2, -0.15) is 0 Å². The molecule has 23 heavy (non-hydrogen) atoms. The van der Waals surface area contributed by atoms with Gasteiger partial charge >= 0.3 is 0 Å². The van der Waals surface area contributed by atoms with Crippen LogP contribution in [0.1, 0.15) is 94.6 Å². The van der Waals surface area contributed by atoms with E-state index in [0.29, 0.717) is 17.8 Å². The molecule has 0 bridgehead atoms. The molecular formula is C20H30N2S. The number of hydrogen-bond donors (Lipinski definition) is 0. The summed E-state index contributed by atoms with van der Waals surface area (Å²) >= 11 is 1.79. The Bertz CT molecular complexity index is 623. The summed E-state index contributed by atoms with van der Waals surface area (Å²) in [6, 6.07) is 4.42. The number of aromatic nitrogens is 2. The van der Waals surface area contributed by atoms with Gasteiger partial charge in [0.2, 0.25) is 0 Å². The van der Waals surface area contributed by atoms with Gasteiger partial charge < -0.3 is 0 Å². The maximum atomic E-state index is 4.82. The Morgan fingerprint density at radius 3 is 2.22 bits per heavy atom. The summed E-state index contributed by atoms with van der Waals surface area (Å²) in [5.74, 6) is 1.49. The molecular weight excluding hydrogens is 300 g/mol. The molecule has 2 heterocycles. The molecule has 2 rings (SSSR count). The molecule has 0 aliphatic heterocycles. The second-order valence-corrected chi connectivity index (χ2v) is 8.78. The van der Waals surface area contributed by atoms with Crippen molar-refractivity contribution in [3.8, 4) is 0 Å². The summed E-state index contributed by atoms with van der Waals surface area (Å²) in [5.41, 5.74) is 3.76. The van der Waals surface area contributed by atoms with E-state index in [1.165, 1.54) is 22.0 Å². The zero-order chi connectivity index (χ0) is 17.2. The molecule has 0 saturated carbocycles. The van der Waals surface area contributed by atoms with E-state index < -0.39 is 0 Å². The lowest BCUT2D eigenvalue weighted by Crippen LogP contribution is -2.21. The van der Waals surface area contributed by atoms with Crippen LogP contribution in [0.5, 0.6) is 0 Å². The van der Waals surface area contributed by atoms with Crippen LogP contribution in [0.25, 0.3) is 0 Å². The number of nitrogens with zero attached hydrogens (tertiary/aromatic N) is 2. The largest absolute Gasteiger partial charge is 0.260 e. The first kappa shape index (κ1) is 18.1. The lowest BCUT2D eigenvalue weighted by molar-refractivity contribution is 0.423. The number of pyridine rings is 1. The fraction of sp³-hybridized carbons (Fsp3) is 0.600. The lowest BCUT2D eigenvalue weighted by Gasteiger charge is -2.27. The lowest BCUT2D eigenvalue weighted by atomic mass is 9.79. The molecule has 2 aromatic heterocycles. The van der Waals surface area contributed by atoms with E-state index in [-0.39, 0.29) is 5.41 Å². The zero-order valence-electron chi connectivity index (χ0n) is 15.6. The van der Waals surface area contributed by atoms with Crippen LogP contribution in [0.15, 0.2) is 23.7 Å². The van der Waals surface area contributed by atoms with Gasteiger partial charge in [0.15, 0.2) is 0 Å². The second-order valence-electron chi connectivity index (χ2n) is 7.89. The van der Waals surface area contributed by atoms with Crippen molar-refractivity contribution in [2.75, 3.05) is 0 Å². The Hall–Kier alpha value is -1.22. The molecule has 0 saturated heterocycles. The minimum absolute atomic E-state index is 0.0521. The summed E-state index contributed by atoms with van der Waals surface area (Å²) in [4.78, 5) is 9.56. The van der Waals surface area contributed by atoms with Crippen molar-refractivity contribution in [1.29, 1.82) is 0 Å². The molecule has 0 fully saturated rings. The Morgan fingerprint density at radius 2 is 1.74 bits per heavy atom. The van der Waals surface area contributed by atoms with Gasteiger partial charge in [-0.25, -0.2) is 4.98 Å². The van der Waals surface area contributed by atoms with Gasteiger partial charge in [0.25, 0.3) is 0 Å². The van der Waals surface area contributed by atoms with Gasteiger partial charge in [-0.05, 0) is 24.0 Å². The summed E-state index contributed by atoms with van der Waals surface area (Å²) in [7, 11) is 0. The summed E-state index contributed by atoms with van der Waals surface area (Å²) in [6.07, 6.45) is 3.09. The van der Waals surface area contributed by atoms with Crippen LogP contribution in [-0.2, 0) is 5.41 Å². The highest BCUT2D eigenvalue weighted by molar-refractivity contribution is 7.09. The smallest absolute Gasteiger partial charge is 0.0953 e. The van der Waals surface area contributed by atoms with Gasteiger partial charge in [0, 0.05) is 34.5 Å². The van der Waals surface area contributed by atoms with Crippen molar-refractivity contribution in [2.45, 2.75) is 78.1 Å². The van der Waals surface area contributed by atoms with E-state index >= 15 is 0 Å². The van der Waals surface area contributed by atoms with Gasteiger partial charge in [-0.15, -0.1) is 11.3 Å². The molecule has 2 aromatic rings. The standard InChI is InChI=1S/C20H30N2S/c1-13(2)16-8-9-18(21-11-16)20(6,7)10-15(5)17-12-23-19(22-17)14(3)4/h8-9,11-15H,10H2,1-7H3. The summed E-state index contributed by atoms with van der Waals surface area (Å²) in [5, 5.41) is 3.47. The number of rotatable bonds is 6. The van der Waals surface area contributed by atoms with Crippen LogP contribution in [-0.4, -0.2) is 9.97 Å². The Kier molecular flexibility index (Phi) is 5.61. The monoisotopic (exact) mass is 330 g/mol. The van der Waals surface area contributed by atoms with Crippen molar-refractivity contribution >= 4 is 11.3 Å². The van der Waals surface area contributed by atoms with E-state index in [1.54, 1.807) is 11.3 Å². The topological polar surface area (TPSA) is 25.8 Å². The Labute approximate surface area is 145 Å². The highest BCUT2D eigenvalue weighted by atomic mass is 32.1. The van der Waals surface area contributed by atoms with Crippen LogP contribution < -0.4 is 0 Å². The van der Waals surface area contributed by atoms with E-state index in [9.17, 15) is 0 Å². The Morgan fingerprint density at radius 1 is 1.04 bits per heavy atom. The third-order valence-electron chi connectivity index (χ3n) is 4.50. The third kappa shape index (κ3) is 4.41. The zero-order valence-corrected chi connectivity index (χ0v) is 16.4. The van der Waals surface area contributed by atoms with Crippen molar-refractivity contribution in [3.63, 3.8) is 0 Å². The average Bonchev–Trinajstić information content (AvgIpc) is 2.97. The van der Waals surface area contributed by atoms with Gasteiger partial charge in [-0.1, -0.05) is 54.5 Å². The molecule has 0 aliphatic rings. The minimum atomic E-state index is 0.0521. The van der Waals surface area contributed by atoms with Crippen LogP contribution >= 0.6 is 11.3 Å². The van der Waals surface area contributed by atoms with Gasteiger partial charge in [0.1, 0.15) is 0 Å². The molecule has 0 radical (unpaired) electrons. The van der Waals surface area contributed by atoms with Crippen molar-refractivity contribution in [2.24, 2.45) is 0 Å². The van der Waals surface area contributed by atoms with E-state index in [1.807, 2.05) is 6.20 Å². The quantitative estimate of drug-likeness (QED) is 0.625. The molecule has 3 heteroatoms. The molecule has 2 nitrogen and oxygen atoms in total. The predicted molar refractivity (Wildman–Crippen MR) is 101 cm³/mol. The fourth-order valence-corrected chi connectivity index (χ4v) is 3.87. The first-order valence-corrected chi connectivity index (χ1v) is 9.50. The normalized spacial score (nSPS) is 13.8. The molecule has 0 aliphatic carbocycles. The fourth-order valence-electron chi connectivity index (χ4n) is 2.91.